The second-order valence-corrected chi connectivity index (χ2v) is 13.0. The first-order valence-corrected chi connectivity index (χ1v) is 16.5. The molecule has 2 aliphatic heterocycles. The number of nitrogens with zero attached hydrogens (tertiary/aromatic N) is 4. The molecule has 12 heteroatoms. The van der Waals surface area contributed by atoms with E-state index in [9.17, 15) is 14.0 Å². The van der Waals surface area contributed by atoms with Crippen molar-refractivity contribution in [2.45, 2.75) is 31.9 Å². The molecular formula is C35H38FN5O5S. The third-order valence-corrected chi connectivity index (χ3v) is 9.45. The summed E-state index contributed by atoms with van der Waals surface area (Å²) in [5.41, 5.74) is 5.06. The van der Waals surface area contributed by atoms with E-state index in [2.05, 4.69) is 58.3 Å². The van der Waals surface area contributed by atoms with Crippen molar-refractivity contribution < 1.29 is 28.2 Å². The summed E-state index contributed by atoms with van der Waals surface area (Å²) >= 11 is 1.56. The van der Waals surface area contributed by atoms with Crippen molar-refractivity contribution in [2.75, 3.05) is 53.0 Å². The highest BCUT2D eigenvalue weighted by Gasteiger charge is 2.38. The number of nitrogens with one attached hydrogen (secondary N) is 1. The summed E-state index contributed by atoms with van der Waals surface area (Å²) in [6, 6.07) is 13.0. The molecule has 0 saturated carbocycles. The zero-order chi connectivity index (χ0) is 33.0. The van der Waals surface area contributed by atoms with E-state index in [1.807, 2.05) is 5.38 Å². The predicted molar refractivity (Wildman–Crippen MR) is 179 cm³/mol. The van der Waals surface area contributed by atoms with Gasteiger partial charge in [-0.25, -0.2) is 9.18 Å². The lowest BCUT2D eigenvalue weighted by molar-refractivity contribution is -0.125. The van der Waals surface area contributed by atoms with Gasteiger partial charge in [-0.1, -0.05) is 18.7 Å². The molecule has 0 bridgehead atoms. The molecule has 4 aromatic rings. The van der Waals surface area contributed by atoms with Crippen molar-refractivity contribution in [3.05, 3.63) is 77.4 Å². The number of ether oxygens (including phenoxy) is 3. The van der Waals surface area contributed by atoms with E-state index in [0.29, 0.717) is 36.5 Å². The molecule has 1 fully saturated rings. The third-order valence-electron chi connectivity index (χ3n) is 8.53. The number of hydrogen-bond donors (Lipinski definition) is 1. The topological polar surface area (TPSA) is 106 Å². The maximum atomic E-state index is 14.3. The highest BCUT2D eigenvalue weighted by molar-refractivity contribution is 7.17. The predicted octanol–water partition coefficient (Wildman–Crippen LogP) is 5.45. The number of fused-ring (bicyclic) bond motifs is 2. The van der Waals surface area contributed by atoms with Gasteiger partial charge in [0, 0.05) is 55.2 Å². The first-order chi connectivity index (χ1) is 22.7. The Labute approximate surface area is 277 Å². The van der Waals surface area contributed by atoms with Crippen molar-refractivity contribution >= 4 is 33.4 Å². The quantitative estimate of drug-likeness (QED) is 0.167. The molecule has 1 atom stereocenters. The minimum atomic E-state index is -0.752. The number of benzene rings is 2. The summed E-state index contributed by atoms with van der Waals surface area (Å²) in [6.07, 6.45) is 2.23. The largest absolute Gasteiger partial charge is 0.490 e. The number of thiophene rings is 1. The van der Waals surface area contributed by atoms with Crippen molar-refractivity contribution in [1.82, 2.24) is 25.3 Å². The van der Waals surface area contributed by atoms with Crippen LogP contribution in [0.5, 0.6) is 5.75 Å². The molecule has 6 rings (SSSR count). The average Bonchev–Trinajstić information content (AvgIpc) is 3.71. The van der Waals surface area contributed by atoms with Gasteiger partial charge in [0.25, 0.3) is 0 Å². The number of likely N-dealkylation sites (tertiary alicyclic amines) is 1. The monoisotopic (exact) mass is 659 g/mol. The van der Waals surface area contributed by atoms with Crippen LogP contribution in [0.15, 0.2) is 60.5 Å². The number of carbonyl (C=O) groups excluding carboxylic acids is 2. The highest BCUT2D eigenvalue weighted by atomic mass is 32.1. The van der Waals surface area contributed by atoms with Gasteiger partial charge >= 0.3 is 6.09 Å². The highest BCUT2D eigenvalue weighted by Crippen LogP contribution is 2.40. The van der Waals surface area contributed by atoms with Gasteiger partial charge < -0.3 is 29.3 Å². The molecule has 2 aromatic carbocycles. The van der Waals surface area contributed by atoms with Gasteiger partial charge in [0.1, 0.15) is 35.2 Å². The van der Waals surface area contributed by atoms with Crippen LogP contribution in [0.1, 0.15) is 24.5 Å². The molecule has 1 N–H and O–H groups in total. The fourth-order valence-electron chi connectivity index (χ4n) is 6.05. The fraction of sp³-hybridized carbons (Fsp3) is 0.371. The molecule has 10 nitrogen and oxygen atoms in total. The van der Waals surface area contributed by atoms with Crippen LogP contribution in [-0.4, -0.2) is 90.6 Å². The smallest absolute Gasteiger partial charge is 0.407 e. The van der Waals surface area contributed by atoms with Crippen LogP contribution >= 0.6 is 11.3 Å². The maximum absolute atomic E-state index is 14.3. The fourth-order valence-corrected chi connectivity index (χ4v) is 6.95. The molecule has 1 unspecified atom stereocenters. The molecule has 0 spiro atoms. The van der Waals surface area contributed by atoms with Crippen LogP contribution in [-0.2, 0) is 27.2 Å². The summed E-state index contributed by atoms with van der Waals surface area (Å²) in [6.45, 7) is 8.94. The van der Waals surface area contributed by atoms with Crippen LogP contribution in [0.3, 0.4) is 0 Å². The Morgan fingerprint density at radius 2 is 1.94 bits per heavy atom. The number of likely N-dealkylation sites (N-methyl/N-ethyl adjacent to an activating group) is 1. The standard InChI is InChI=1S/C35H38FN5O5S/c1-4-30(42)41-14-11-35(2,22-41)46-34(43)37-12-15-44-16-17-45-29-20-26(36)7-8-27(29)32-33-28(10-18-47-33)31(38-39-32)24-5-6-25-21-40(3)13-9-23(25)19-24/h4-8,10,18-20H,1,9,11-17,21-22H2,2-3H3,(H,37,43). The summed E-state index contributed by atoms with van der Waals surface area (Å²) in [5, 5.41) is 15.0. The number of rotatable bonds is 11. The first-order valence-electron chi connectivity index (χ1n) is 15.7. The van der Waals surface area contributed by atoms with Gasteiger partial charge in [0.15, 0.2) is 0 Å². The molecular weight excluding hydrogens is 621 g/mol. The Morgan fingerprint density at radius 1 is 1.09 bits per heavy atom. The summed E-state index contributed by atoms with van der Waals surface area (Å²) < 4.78 is 32.4. The van der Waals surface area contributed by atoms with Crippen LogP contribution in [0, 0.1) is 5.82 Å². The van der Waals surface area contributed by atoms with Gasteiger partial charge in [-0.3, -0.25) is 4.79 Å². The van der Waals surface area contributed by atoms with Crippen molar-refractivity contribution in [3.63, 3.8) is 0 Å². The summed E-state index contributed by atoms with van der Waals surface area (Å²) in [5.74, 6) is -0.260. The number of halogens is 1. The van der Waals surface area contributed by atoms with E-state index in [4.69, 9.17) is 14.2 Å². The van der Waals surface area contributed by atoms with Gasteiger partial charge in [-0.15, -0.1) is 21.5 Å². The Bertz CT molecular complexity index is 1800. The number of hydrogen-bond acceptors (Lipinski definition) is 9. The van der Waals surface area contributed by atoms with E-state index >= 15 is 0 Å². The lowest BCUT2D eigenvalue weighted by atomic mass is 9.95. The Balaban J connectivity index is 1.04. The van der Waals surface area contributed by atoms with E-state index < -0.39 is 17.5 Å². The minimum absolute atomic E-state index is 0.162. The number of carbonyl (C=O) groups is 2. The molecule has 1 saturated heterocycles. The second-order valence-electron chi connectivity index (χ2n) is 12.1. The lowest BCUT2D eigenvalue weighted by Gasteiger charge is -2.25. The van der Waals surface area contributed by atoms with Crippen molar-refractivity contribution in [2.24, 2.45) is 0 Å². The Hall–Kier alpha value is -4.39. The van der Waals surface area contributed by atoms with E-state index in [-0.39, 0.29) is 32.3 Å². The van der Waals surface area contributed by atoms with Gasteiger partial charge in [0.2, 0.25) is 5.91 Å². The van der Waals surface area contributed by atoms with Crippen LogP contribution in [0.4, 0.5) is 9.18 Å². The second kappa shape index (κ2) is 14.2. The molecule has 2 aliphatic rings. The number of alkyl carbamates (subject to hydrolysis) is 1. The van der Waals surface area contributed by atoms with E-state index in [1.54, 1.807) is 29.2 Å². The first kappa shape index (κ1) is 32.5. The molecule has 47 heavy (non-hydrogen) atoms. The van der Waals surface area contributed by atoms with Crippen molar-refractivity contribution in [1.29, 1.82) is 0 Å². The zero-order valence-corrected chi connectivity index (χ0v) is 27.4. The minimum Gasteiger partial charge on any atom is -0.490 e. The lowest BCUT2D eigenvalue weighted by Crippen LogP contribution is -2.40. The zero-order valence-electron chi connectivity index (χ0n) is 26.6. The average molecular weight is 660 g/mol. The molecule has 246 valence electrons. The Morgan fingerprint density at radius 3 is 2.79 bits per heavy atom. The normalized spacial score (nSPS) is 17.8. The van der Waals surface area contributed by atoms with Gasteiger partial charge in [0.05, 0.1) is 24.5 Å². The molecule has 0 radical (unpaired) electrons. The van der Waals surface area contributed by atoms with Crippen molar-refractivity contribution in [3.8, 4) is 28.3 Å². The molecule has 4 heterocycles. The van der Waals surface area contributed by atoms with E-state index in [1.165, 1.54) is 29.3 Å². The summed E-state index contributed by atoms with van der Waals surface area (Å²) in [4.78, 5) is 28.0. The third kappa shape index (κ3) is 7.45. The Kier molecular flexibility index (Phi) is 9.81. The summed E-state index contributed by atoms with van der Waals surface area (Å²) in [7, 11) is 2.14. The molecule has 2 aromatic heterocycles. The SMILES string of the molecule is C=CC(=O)N1CCC(C)(OC(=O)NCCOCCOc2cc(F)ccc2-c2nnc(-c3ccc4c(c3)CCN(C)C4)c3ccsc23)C1. The van der Waals surface area contributed by atoms with E-state index in [0.717, 1.165) is 40.9 Å². The van der Waals surface area contributed by atoms with Crippen LogP contribution in [0.25, 0.3) is 32.6 Å². The molecule has 2 amide bonds. The van der Waals surface area contributed by atoms with Gasteiger partial charge in [-0.05, 0) is 67.2 Å². The van der Waals surface area contributed by atoms with Gasteiger partial charge in [-0.2, -0.15) is 0 Å². The number of aromatic nitrogens is 2. The van der Waals surface area contributed by atoms with Crippen LogP contribution in [0.2, 0.25) is 0 Å². The molecule has 0 aliphatic carbocycles. The maximum Gasteiger partial charge on any atom is 0.407 e. The number of amides is 2. The van der Waals surface area contributed by atoms with Crippen LogP contribution < -0.4 is 10.1 Å².